The van der Waals surface area contributed by atoms with E-state index in [0.29, 0.717) is 10.2 Å². The van der Waals surface area contributed by atoms with E-state index in [-0.39, 0.29) is 11.9 Å². The Morgan fingerprint density at radius 3 is 2.95 bits per heavy atom. The average Bonchev–Trinajstić information content (AvgIpc) is 2.88. The van der Waals surface area contributed by atoms with Gasteiger partial charge in [0.2, 0.25) is 0 Å². The van der Waals surface area contributed by atoms with Crippen molar-refractivity contribution in [2.24, 2.45) is 0 Å². The molecule has 2 heterocycles. The molecule has 1 amide bonds. The molecule has 2 aromatic heterocycles. The number of halogens is 1. The van der Waals surface area contributed by atoms with Crippen molar-refractivity contribution < 1.29 is 4.79 Å². The third-order valence-corrected chi connectivity index (χ3v) is 4.60. The highest BCUT2D eigenvalue weighted by Crippen LogP contribution is 2.21. The number of amides is 1. The molecule has 0 saturated carbocycles. The molecule has 0 aromatic carbocycles. The Hall–Kier alpha value is -1.27. The lowest BCUT2D eigenvalue weighted by molar-refractivity contribution is 0.0938. The van der Waals surface area contributed by atoms with Gasteiger partial charge in [0.25, 0.3) is 5.91 Å². The first-order valence-corrected chi connectivity index (χ1v) is 7.58. The Bertz CT molecular complexity index is 585. The quantitative estimate of drug-likeness (QED) is 0.869. The molecule has 0 aliphatic heterocycles. The molecule has 0 saturated heterocycles. The van der Waals surface area contributed by atoms with Crippen LogP contribution in [0.2, 0.25) is 0 Å². The third kappa shape index (κ3) is 3.39. The summed E-state index contributed by atoms with van der Waals surface area (Å²) >= 11 is 4.90. The number of aryl methyl sites for hydroxylation is 1. The maximum atomic E-state index is 12.1. The smallest absolute Gasteiger partial charge is 0.254 e. The summed E-state index contributed by atoms with van der Waals surface area (Å²) in [6.07, 6.45) is 4.47. The predicted octanol–water partition coefficient (Wildman–Crippen LogP) is 3.35. The summed E-state index contributed by atoms with van der Waals surface area (Å²) < 4.78 is 0.549. The summed E-state index contributed by atoms with van der Waals surface area (Å²) in [6, 6.07) is 3.37. The molecule has 0 spiro atoms. The van der Waals surface area contributed by atoms with E-state index in [2.05, 4.69) is 38.1 Å². The summed E-state index contributed by atoms with van der Waals surface area (Å²) in [5.41, 5.74) is 0.529. The van der Waals surface area contributed by atoms with E-state index in [1.165, 1.54) is 4.88 Å². The van der Waals surface area contributed by atoms with Gasteiger partial charge in [0.1, 0.15) is 9.61 Å². The van der Waals surface area contributed by atoms with Gasteiger partial charge in [-0.3, -0.25) is 4.79 Å². The second-order valence-corrected chi connectivity index (χ2v) is 5.95. The van der Waals surface area contributed by atoms with Crippen molar-refractivity contribution in [2.75, 3.05) is 0 Å². The van der Waals surface area contributed by atoms with Crippen molar-refractivity contribution in [3.63, 3.8) is 0 Å². The number of carbonyl (C=O) groups excluding carboxylic acids is 1. The molecule has 2 aromatic rings. The van der Waals surface area contributed by atoms with Gasteiger partial charge in [-0.05, 0) is 41.4 Å². The summed E-state index contributed by atoms with van der Waals surface area (Å²) in [7, 11) is 0. The summed E-state index contributed by atoms with van der Waals surface area (Å²) in [5.74, 6) is -0.152. The van der Waals surface area contributed by atoms with Crippen molar-refractivity contribution in [1.82, 2.24) is 15.3 Å². The molecule has 0 fully saturated rings. The van der Waals surface area contributed by atoms with Crippen LogP contribution in [-0.2, 0) is 6.42 Å². The van der Waals surface area contributed by atoms with Crippen molar-refractivity contribution in [3.8, 4) is 0 Å². The maximum Gasteiger partial charge on any atom is 0.254 e. The highest BCUT2D eigenvalue weighted by molar-refractivity contribution is 9.10. The Balaban J connectivity index is 2.08. The van der Waals surface area contributed by atoms with Crippen LogP contribution in [0, 0.1) is 0 Å². The Labute approximate surface area is 124 Å². The predicted molar refractivity (Wildman–Crippen MR) is 79.3 cm³/mol. The lowest BCUT2D eigenvalue weighted by atomic mass is 10.2. The minimum atomic E-state index is -0.152. The molecule has 1 N–H and O–H groups in total. The number of hydrogen-bond donors (Lipinski definition) is 1. The van der Waals surface area contributed by atoms with Crippen LogP contribution < -0.4 is 5.32 Å². The highest BCUT2D eigenvalue weighted by atomic mass is 79.9. The van der Waals surface area contributed by atoms with Gasteiger partial charge in [0, 0.05) is 17.3 Å². The third-order valence-electron chi connectivity index (χ3n) is 2.64. The van der Waals surface area contributed by atoms with Gasteiger partial charge in [-0.25, -0.2) is 9.97 Å². The van der Waals surface area contributed by atoms with Crippen molar-refractivity contribution >= 4 is 33.2 Å². The number of nitrogens with zero attached hydrogens (tertiary/aromatic N) is 2. The SMILES string of the molecule is CCc1cnc(C(C)NC(=O)c2cccnc2Br)s1. The highest BCUT2D eigenvalue weighted by Gasteiger charge is 2.16. The van der Waals surface area contributed by atoms with E-state index in [0.717, 1.165) is 11.4 Å². The van der Waals surface area contributed by atoms with Crippen molar-refractivity contribution in [1.29, 1.82) is 0 Å². The molecule has 0 bridgehead atoms. The summed E-state index contributed by atoms with van der Waals surface area (Å²) in [6.45, 7) is 4.02. The number of nitrogens with one attached hydrogen (secondary N) is 1. The molecule has 2 rings (SSSR count). The second-order valence-electron chi connectivity index (χ2n) is 4.06. The molecular weight excluding hydrogens is 326 g/mol. The Morgan fingerprint density at radius 2 is 2.32 bits per heavy atom. The van der Waals surface area contributed by atoms with Gasteiger partial charge >= 0.3 is 0 Å². The molecular formula is C13H14BrN3OS. The zero-order valence-corrected chi connectivity index (χ0v) is 13.1. The van der Waals surface area contributed by atoms with Crippen LogP contribution in [0.15, 0.2) is 29.1 Å². The summed E-state index contributed by atoms with van der Waals surface area (Å²) in [4.78, 5) is 21.7. The second kappa shape index (κ2) is 6.25. The molecule has 0 radical (unpaired) electrons. The fourth-order valence-electron chi connectivity index (χ4n) is 1.58. The fraction of sp³-hybridized carbons (Fsp3) is 0.308. The molecule has 4 nitrogen and oxygen atoms in total. The molecule has 19 heavy (non-hydrogen) atoms. The van der Waals surface area contributed by atoms with Gasteiger partial charge < -0.3 is 5.32 Å². The van der Waals surface area contributed by atoms with Crippen LogP contribution in [0.25, 0.3) is 0 Å². The minimum absolute atomic E-state index is 0.107. The monoisotopic (exact) mass is 339 g/mol. The molecule has 100 valence electrons. The zero-order chi connectivity index (χ0) is 13.8. The average molecular weight is 340 g/mol. The number of carbonyl (C=O) groups is 1. The minimum Gasteiger partial charge on any atom is -0.343 e. The van der Waals surface area contributed by atoms with E-state index >= 15 is 0 Å². The standard InChI is InChI=1S/C13H14BrN3OS/c1-3-9-7-16-13(19-9)8(2)17-12(18)10-5-4-6-15-11(10)14/h4-8H,3H2,1-2H3,(H,17,18). The van der Waals surface area contributed by atoms with Crippen LogP contribution in [0.3, 0.4) is 0 Å². The molecule has 6 heteroatoms. The van der Waals surface area contributed by atoms with E-state index in [4.69, 9.17) is 0 Å². The molecule has 0 aliphatic carbocycles. The van der Waals surface area contributed by atoms with Gasteiger partial charge in [0.15, 0.2) is 0 Å². The number of pyridine rings is 1. The van der Waals surface area contributed by atoms with Crippen LogP contribution >= 0.6 is 27.3 Å². The Kier molecular flexibility index (Phi) is 4.66. The maximum absolute atomic E-state index is 12.1. The van der Waals surface area contributed by atoms with Gasteiger partial charge in [-0.2, -0.15) is 0 Å². The first-order chi connectivity index (χ1) is 9.11. The molecule has 1 unspecified atom stereocenters. The largest absolute Gasteiger partial charge is 0.343 e. The fourth-order valence-corrected chi connectivity index (χ4v) is 2.87. The first kappa shape index (κ1) is 14.1. The normalized spacial score (nSPS) is 12.2. The Morgan fingerprint density at radius 1 is 1.53 bits per heavy atom. The number of thiazole rings is 1. The van der Waals surface area contributed by atoms with Crippen molar-refractivity contribution in [2.45, 2.75) is 26.3 Å². The van der Waals surface area contributed by atoms with Crippen LogP contribution in [0.1, 0.15) is 40.1 Å². The van der Waals surface area contributed by atoms with E-state index in [9.17, 15) is 4.79 Å². The van der Waals surface area contributed by atoms with E-state index < -0.39 is 0 Å². The van der Waals surface area contributed by atoms with E-state index in [1.807, 2.05) is 13.1 Å². The summed E-state index contributed by atoms with van der Waals surface area (Å²) in [5, 5.41) is 3.85. The van der Waals surface area contributed by atoms with Crippen LogP contribution in [0.5, 0.6) is 0 Å². The zero-order valence-electron chi connectivity index (χ0n) is 10.7. The van der Waals surface area contributed by atoms with Crippen molar-refractivity contribution in [3.05, 3.63) is 44.6 Å². The molecule has 1 atom stereocenters. The van der Waals surface area contributed by atoms with E-state index in [1.54, 1.807) is 29.7 Å². The first-order valence-electron chi connectivity index (χ1n) is 5.97. The lowest BCUT2D eigenvalue weighted by Crippen LogP contribution is -2.27. The lowest BCUT2D eigenvalue weighted by Gasteiger charge is -2.11. The van der Waals surface area contributed by atoms with Crippen LogP contribution in [-0.4, -0.2) is 15.9 Å². The number of aromatic nitrogens is 2. The number of hydrogen-bond acceptors (Lipinski definition) is 4. The van der Waals surface area contributed by atoms with Gasteiger partial charge in [0.05, 0.1) is 11.6 Å². The molecule has 0 aliphatic rings. The van der Waals surface area contributed by atoms with Crippen LogP contribution in [0.4, 0.5) is 0 Å². The van der Waals surface area contributed by atoms with Gasteiger partial charge in [-0.1, -0.05) is 6.92 Å². The van der Waals surface area contributed by atoms with Gasteiger partial charge in [-0.15, -0.1) is 11.3 Å². The topological polar surface area (TPSA) is 54.9 Å². The number of rotatable bonds is 4.